The minimum Gasteiger partial charge on any atom is -0.336 e. The number of carbonyl (C=O) groups is 1. The van der Waals surface area contributed by atoms with Gasteiger partial charge in [-0.05, 0) is 6.92 Å². The van der Waals surface area contributed by atoms with Crippen LogP contribution in [-0.2, 0) is 20.1 Å². The van der Waals surface area contributed by atoms with Crippen molar-refractivity contribution in [2.45, 2.75) is 20.0 Å². The molecule has 19 heavy (non-hydrogen) atoms. The lowest BCUT2D eigenvalue weighted by Gasteiger charge is -2.16. The third-order valence-electron chi connectivity index (χ3n) is 2.95. The maximum absolute atomic E-state index is 12.2. The van der Waals surface area contributed by atoms with Gasteiger partial charge in [0.2, 0.25) is 0 Å². The zero-order valence-corrected chi connectivity index (χ0v) is 11.9. The summed E-state index contributed by atoms with van der Waals surface area (Å²) in [4.78, 5) is 13.8. The quantitative estimate of drug-likeness (QED) is 0.855. The van der Waals surface area contributed by atoms with E-state index in [2.05, 4.69) is 10.2 Å². The summed E-state index contributed by atoms with van der Waals surface area (Å²) in [7, 11) is 3.53. The summed E-state index contributed by atoms with van der Waals surface area (Å²) in [6, 6.07) is 0. The molecule has 0 unspecified atom stereocenters. The van der Waals surface area contributed by atoms with Gasteiger partial charge in [0.25, 0.3) is 5.91 Å². The highest BCUT2D eigenvalue weighted by Crippen LogP contribution is 2.16. The maximum Gasteiger partial charge on any atom is 0.257 e. The molecular formula is C12H16ClN5O. The van der Waals surface area contributed by atoms with E-state index < -0.39 is 0 Å². The van der Waals surface area contributed by atoms with E-state index >= 15 is 0 Å². The number of rotatable bonds is 4. The zero-order chi connectivity index (χ0) is 14.0. The van der Waals surface area contributed by atoms with Crippen LogP contribution < -0.4 is 0 Å². The molecule has 0 aromatic carbocycles. The number of hydrogen-bond donors (Lipinski definition) is 0. The minimum atomic E-state index is -0.0861. The highest BCUT2D eigenvalue weighted by molar-refractivity contribution is 6.31. The molecule has 0 bridgehead atoms. The smallest absolute Gasteiger partial charge is 0.257 e. The second kappa shape index (κ2) is 5.44. The minimum absolute atomic E-state index is 0.0861. The fourth-order valence-corrected chi connectivity index (χ4v) is 2.00. The van der Waals surface area contributed by atoms with Gasteiger partial charge in [0.15, 0.2) is 0 Å². The first-order valence-electron chi connectivity index (χ1n) is 5.97. The molecule has 2 aromatic rings. The van der Waals surface area contributed by atoms with Gasteiger partial charge in [0.05, 0.1) is 35.2 Å². The van der Waals surface area contributed by atoms with Crippen molar-refractivity contribution in [2.24, 2.45) is 7.05 Å². The highest BCUT2D eigenvalue weighted by Gasteiger charge is 2.17. The van der Waals surface area contributed by atoms with Crippen molar-refractivity contribution >= 4 is 17.5 Å². The van der Waals surface area contributed by atoms with Crippen LogP contribution in [0.15, 0.2) is 18.6 Å². The largest absolute Gasteiger partial charge is 0.336 e. The van der Waals surface area contributed by atoms with E-state index in [0.717, 1.165) is 12.2 Å². The summed E-state index contributed by atoms with van der Waals surface area (Å²) in [6.45, 7) is 3.12. The Bertz CT molecular complexity index is 569. The molecule has 7 heteroatoms. The molecule has 0 aliphatic rings. The normalized spacial score (nSPS) is 10.7. The molecule has 0 spiro atoms. The molecule has 2 aromatic heterocycles. The molecule has 0 saturated heterocycles. The van der Waals surface area contributed by atoms with Crippen molar-refractivity contribution < 1.29 is 4.79 Å². The molecule has 2 rings (SSSR count). The van der Waals surface area contributed by atoms with Gasteiger partial charge in [-0.25, -0.2) is 0 Å². The predicted octanol–water partition coefficient (Wildman–Crippen LogP) is 1.56. The van der Waals surface area contributed by atoms with Crippen molar-refractivity contribution in [1.29, 1.82) is 0 Å². The van der Waals surface area contributed by atoms with E-state index in [1.165, 1.54) is 0 Å². The Morgan fingerprint density at radius 3 is 2.68 bits per heavy atom. The molecule has 2 heterocycles. The molecule has 102 valence electrons. The zero-order valence-electron chi connectivity index (χ0n) is 11.2. The van der Waals surface area contributed by atoms with Crippen molar-refractivity contribution in [3.05, 3.63) is 34.9 Å². The SMILES string of the molecule is CCn1cc(C(=O)N(C)Cc2c(Cl)cnn2C)cn1. The Labute approximate surface area is 116 Å². The van der Waals surface area contributed by atoms with Crippen LogP contribution in [0.2, 0.25) is 5.02 Å². The summed E-state index contributed by atoms with van der Waals surface area (Å²) in [5, 5.41) is 8.71. The van der Waals surface area contributed by atoms with Gasteiger partial charge in [0.1, 0.15) is 0 Å². The number of halogens is 1. The molecular weight excluding hydrogens is 266 g/mol. The maximum atomic E-state index is 12.2. The molecule has 0 fully saturated rings. The molecule has 0 saturated carbocycles. The second-order valence-electron chi connectivity index (χ2n) is 4.31. The molecule has 0 aliphatic carbocycles. The first kappa shape index (κ1) is 13.6. The summed E-state index contributed by atoms with van der Waals surface area (Å²) in [6.07, 6.45) is 4.89. The first-order chi connectivity index (χ1) is 9.02. The third-order valence-corrected chi connectivity index (χ3v) is 3.26. The van der Waals surface area contributed by atoms with Crippen molar-refractivity contribution in [2.75, 3.05) is 7.05 Å². The van der Waals surface area contributed by atoms with E-state index in [4.69, 9.17) is 11.6 Å². The van der Waals surface area contributed by atoms with Crippen LogP contribution in [0.1, 0.15) is 23.0 Å². The number of nitrogens with zero attached hydrogens (tertiary/aromatic N) is 5. The van der Waals surface area contributed by atoms with Gasteiger partial charge < -0.3 is 4.90 Å². The van der Waals surface area contributed by atoms with E-state index in [1.807, 2.05) is 6.92 Å². The lowest BCUT2D eigenvalue weighted by atomic mass is 10.3. The molecule has 0 aliphatic heterocycles. The standard InChI is InChI=1S/C12H16ClN5O/c1-4-18-7-9(5-15-18)12(19)16(2)8-11-10(13)6-14-17(11)3/h5-7H,4,8H2,1-3H3. The first-order valence-corrected chi connectivity index (χ1v) is 6.35. The lowest BCUT2D eigenvalue weighted by molar-refractivity contribution is 0.0782. The van der Waals surface area contributed by atoms with Gasteiger partial charge in [-0.1, -0.05) is 11.6 Å². The average Bonchev–Trinajstić information content (AvgIpc) is 2.99. The topological polar surface area (TPSA) is 56.0 Å². The summed E-state index contributed by atoms with van der Waals surface area (Å²) < 4.78 is 3.39. The molecule has 6 nitrogen and oxygen atoms in total. The van der Waals surface area contributed by atoms with Crippen molar-refractivity contribution in [3.63, 3.8) is 0 Å². The Morgan fingerprint density at radius 2 is 2.16 bits per heavy atom. The third kappa shape index (κ3) is 2.78. The number of carbonyl (C=O) groups excluding carboxylic acids is 1. The van der Waals surface area contributed by atoms with E-state index in [1.54, 1.807) is 46.9 Å². The summed E-state index contributed by atoms with van der Waals surface area (Å²) in [5.74, 6) is -0.0861. The van der Waals surface area contributed by atoms with E-state index in [9.17, 15) is 4.79 Å². The van der Waals surface area contributed by atoms with Crippen LogP contribution in [0.4, 0.5) is 0 Å². The summed E-state index contributed by atoms with van der Waals surface area (Å²) >= 11 is 6.03. The number of aromatic nitrogens is 4. The molecule has 0 atom stereocenters. The summed E-state index contributed by atoms with van der Waals surface area (Å²) in [5.41, 5.74) is 1.38. The van der Waals surface area contributed by atoms with Crippen LogP contribution >= 0.6 is 11.6 Å². The predicted molar refractivity (Wildman–Crippen MR) is 71.9 cm³/mol. The van der Waals surface area contributed by atoms with Crippen LogP contribution in [0.3, 0.4) is 0 Å². The Morgan fingerprint density at radius 1 is 1.42 bits per heavy atom. The van der Waals surface area contributed by atoms with Gasteiger partial charge in [-0.2, -0.15) is 10.2 Å². The Hall–Kier alpha value is -1.82. The Kier molecular flexibility index (Phi) is 3.90. The molecule has 0 N–H and O–H groups in total. The second-order valence-corrected chi connectivity index (χ2v) is 4.72. The lowest BCUT2D eigenvalue weighted by Crippen LogP contribution is -2.27. The van der Waals surface area contributed by atoms with Gasteiger partial charge >= 0.3 is 0 Å². The monoisotopic (exact) mass is 281 g/mol. The number of aryl methyl sites for hydroxylation is 2. The molecule has 0 radical (unpaired) electrons. The number of amides is 1. The van der Waals surface area contributed by atoms with Gasteiger partial charge in [-0.3, -0.25) is 14.2 Å². The van der Waals surface area contributed by atoms with Crippen LogP contribution in [0.5, 0.6) is 0 Å². The van der Waals surface area contributed by atoms with E-state index in [0.29, 0.717) is 17.1 Å². The fraction of sp³-hybridized carbons (Fsp3) is 0.417. The Balaban J connectivity index is 2.11. The van der Waals surface area contributed by atoms with Crippen molar-refractivity contribution in [1.82, 2.24) is 24.5 Å². The molecule has 1 amide bonds. The van der Waals surface area contributed by atoms with Crippen LogP contribution in [0, 0.1) is 0 Å². The van der Waals surface area contributed by atoms with E-state index in [-0.39, 0.29) is 5.91 Å². The highest BCUT2D eigenvalue weighted by atomic mass is 35.5. The van der Waals surface area contributed by atoms with Crippen molar-refractivity contribution in [3.8, 4) is 0 Å². The van der Waals surface area contributed by atoms with Gasteiger partial charge in [-0.15, -0.1) is 0 Å². The average molecular weight is 282 g/mol. The van der Waals surface area contributed by atoms with Crippen LogP contribution in [0.25, 0.3) is 0 Å². The van der Waals surface area contributed by atoms with Crippen LogP contribution in [-0.4, -0.2) is 37.4 Å². The fourth-order valence-electron chi connectivity index (χ4n) is 1.78. The van der Waals surface area contributed by atoms with Gasteiger partial charge in [0, 0.05) is 26.8 Å². The number of hydrogen-bond acceptors (Lipinski definition) is 3.